The van der Waals surface area contributed by atoms with Gasteiger partial charge < -0.3 is 10.1 Å². The molecule has 0 fully saturated rings. The largest absolute Gasteiger partial charge is 0.466 e. The molecule has 2 aromatic rings. The number of sulfone groups is 1. The highest BCUT2D eigenvalue weighted by Gasteiger charge is 2.44. The number of hydrogen-bond donors (Lipinski definition) is 1. The molecule has 5 nitrogen and oxygen atoms in total. The van der Waals surface area contributed by atoms with Crippen LogP contribution >= 0.6 is 0 Å². The average molecular weight is 466 g/mol. The zero-order valence-corrected chi connectivity index (χ0v) is 21.2. The molecule has 0 aliphatic carbocycles. The van der Waals surface area contributed by atoms with Crippen LogP contribution in [0.2, 0.25) is 0 Å². The summed E-state index contributed by atoms with van der Waals surface area (Å²) >= 11 is 0. The van der Waals surface area contributed by atoms with Crippen molar-refractivity contribution in [1.29, 1.82) is 0 Å². The Morgan fingerprint density at radius 3 is 2.12 bits per heavy atom. The Morgan fingerprint density at radius 2 is 1.52 bits per heavy atom. The maximum atomic E-state index is 13.8. The van der Waals surface area contributed by atoms with Crippen molar-refractivity contribution >= 4 is 21.5 Å². The van der Waals surface area contributed by atoms with Crippen molar-refractivity contribution < 1.29 is 17.9 Å². The molecule has 2 aliphatic heterocycles. The topological polar surface area (TPSA) is 72.5 Å². The molecule has 6 heteroatoms. The average Bonchev–Trinajstić information content (AvgIpc) is 2.90. The lowest BCUT2D eigenvalue weighted by molar-refractivity contribution is -0.136. The van der Waals surface area contributed by atoms with Crippen molar-refractivity contribution in [1.82, 2.24) is 5.32 Å². The minimum Gasteiger partial charge on any atom is -0.466 e. The molecule has 0 saturated carbocycles. The number of esters is 1. The maximum absolute atomic E-state index is 13.8. The first kappa shape index (κ1) is 23.3. The highest BCUT2D eigenvalue weighted by molar-refractivity contribution is 7.95. The number of benzene rings is 2. The molecule has 33 heavy (non-hydrogen) atoms. The smallest absolute Gasteiger partial charge is 0.336 e. The third-order valence-corrected chi connectivity index (χ3v) is 9.38. The molecule has 1 unspecified atom stereocenters. The van der Waals surface area contributed by atoms with E-state index in [-0.39, 0.29) is 10.7 Å². The molecular weight excluding hydrogens is 434 g/mol. The molecule has 2 aromatic carbocycles. The highest BCUT2D eigenvalue weighted by atomic mass is 32.2. The quantitative estimate of drug-likeness (QED) is 0.651. The lowest BCUT2D eigenvalue weighted by Crippen LogP contribution is -2.33. The van der Waals surface area contributed by atoms with Crippen molar-refractivity contribution in [2.45, 2.75) is 53.9 Å². The van der Waals surface area contributed by atoms with Gasteiger partial charge in [0.05, 0.1) is 35.0 Å². The normalized spacial score (nSPS) is 19.4. The van der Waals surface area contributed by atoms with Gasteiger partial charge in [-0.2, -0.15) is 0 Å². The number of carbonyl (C=O) groups excluding carboxylic acids is 1. The van der Waals surface area contributed by atoms with Gasteiger partial charge in [-0.25, -0.2) is 13.2 Å². The van der Waals surface area contributed by atoms with E-state index in [1.165, 1.54) is 12.7 Å². The number of carbonyl (C=O) groups is 1. The van der Waals surface area contributed by atoms with Crippen LogP contribution in [0, 0.1) is 34.6 Å². The maximum Gasteiger partial charge on any atom is 0.336 e. The number of nitrogens with one attached hydrogen (secondary N) is 1. The molecule has 0 spiro atoms. The molecular formula is C27H31NO4S. The van der Waals surface area contributed by atoms with Crippen LogP contribution in [0.5, 0.6) is 0 Å². The van der Waals surface area contributed by atoms with Crippen LogP contribution in [0.15, 0.2) is 40.4 Å². The van der Waals surface area contributed by atoms with E-state index >= 15 is 0 Å². The summed E-state index contributed by atoms with van der Waals surface area (Å²) in [6.45, 7) is 12.1. The van der Waals surface area contributed by atoms with Crippen molar-refractivity contribution in [2.75, 3.05) is 12.9 Å². The van der Waals surface area contributed by atoms with E-state index in [9.17, 15) is 13.2 Å². The minimum absolute atomic E-state index is 0.00352. The van der Waals surface area contributed by atoms with Crippen LogP contribution in [0.4, 0.5) is 0 Å². The monoisotopic (exact) mass is 465 g/mol. The molecule has 2 aliphatic rings. The third-order valence-electron chi connectivity index (χ3n) is 7.53. The van der Waals surface area contributed by atoms with E-state index in [0.29, 0.717) is 23.4 Å². The van der Waals surface area contributed by atoms with Crippen LogP contribution in [0.3, 0.4) is 0 Å². The third kappa shape index (κ3) is 3.52. The van der Waals surface area contributed by atoms with Crippen molar-refractivity contribution in [3.8, 4) is 0 Å². The van der Waals surface area contributed by atoms with Gasteiger partial charge in [0.1, 0.15) is 0 Å². The van der Waals surface area contributed by atoms with Crippen molar-refractivity contribution in [3.63, 3.8) is 0 Å². The fourth-order valence-corrected chi connectivity index (χ4v) is 7.07. The fraction of sp³-hybridized carbons (Fsp3) is 0.370. The second-order valence-electron chi connectivity index (χ2n) is 9.09. The van der Waals surface area contributed by atoms with Crippen LogP contribution < -0.4 is 5.32 Å². The van der Waals surface area contributed by atoms with E-state index in [1.807, 2.05) is 45.0 Å². The molecule has 0 radical (unpaired) electrons. The Morgan fingerprint density at radius 1 is 0.939 bits per heavy atom. The summed E-state index contributed by atoms with van der Waals surface area (Å²) in [5.74, 6) is -1.25. The Hall–Kier alpha value is -2.86. The standard InChI is InChI=1S/C27H31NO4S/c1-14-15(2)17(4)22(18(5)16(14)3)24-23(27(29)32-7)19(6)28-25-21-11-9-8-10-20(21)12-13-33(30,31)26(24)25/h8-11,24,28H,12-13H2,1-7H3. The summed E-state index contributed by atoms with van der Waals surface area (Å²) in [4.78, 5) is 13.4. The molecule has 2 heterocycles. The van der Waals surface area contributed by atoms with Crippen LogP contribution in [0.1, 0.15) is 57.3 Å². The van der Waals surface area contributed by atoms with Crippen LogP contribution in [-0.4, -0.2) is 27.2 Å². The number of aryl methyl sites for hydroxylation is 1. The Labute approximate surface area is 196 Å². The van der Waals surface area contributed by atoms with E-state index in [2.05, 4.69) is 26.1 Å². The predicted molar refractivity (Wildman–Crippen MR) is 132 cm³/mol. The molecule has 0 saturated heterocycles. The van der Waals surface area contributed by atoms with Crippen LogP contribution in [0.25, 0.3) is 5.70 Å². The van der Waals surface area contributed by atoms with E-state index in [1.54, 1.807) is 0 Å². The van der Waals surface area contributed by atoms with E-state index < -0.39 is 21.7 Å². The number of ether oxygens (including phenoxy) is 1. The van der Waals surface area contributed by atoms with Gasteiger partial charge in [0.15, 0.2) is 9.84 Å². The summed E-state index contributed by atoms with van der Waals surface area (Å²) in [5, 5.41) is 3.29. The molecule has 1 N–H and O–H groups in total. The Balaban J connectivity index is 2.18. The van der Waals surface area contributed by atoms with Crippen molar-refractivity contribution in [3.05, 3.63) is 84.9 Å². The molecule has 1 atom stereocenters. The van der Waals surface area contributed by atoms with Crippen molar-refractivity contribution in [2.24, 2.45) is 0 Å². The van der Waals surface area contributed by atoms with E-state index in [4.69, 9.17) is 4.74 Å². The summed E-state index contributed by atoms with van der Waals surface area (Å²) < 4.78 is 32.8. The number of allylic oxidation sites excluding steroid dienone is 2. The molecule has 0 bridgehead atoms. The summed E-state index contributed by atoms with van der Waals surface area (Å²) in [6.07, 6.45) is 0.427. The second kappa shape index (κ2) is 8.17. The van der Waals surface area contributed by atoms with Gasteiger partial charge in [-0.3, -0.25) is 0 Å². The number of methoxy groups -OCH3 is 1. The first-order chi connectivity index (χ1) is 15.5. The first-order valence-electron chi connectivity index (χ1n) is 11.2. The van der Waals surface area contributed by atoms with E-state index in [0.717, 1.165) is 38.9 Å². The fourth-order valence-electron chi connectivity index (χ4n) is 5.30. The predicted octanol–water partition coefficient (Wildman–Crippen LogP) is 4.70. The van der Waals surface area contributed by atoms with Gasteiger partial charge in [0.25, 0.3) is 0 Å². The Kier molecular flexibility index (Phi) is 5.77. The zero-order valence-electron chi connectivity index (χ0n) is 20.3. The summed E-state index contributed by atoms with van der Waals surface area (Å²) in [7, 11) is -2.34. The SMILES string of the molecule is COC(=O)C1=C(C)NC2=C(C1c1c(C)c(C)c(C)c(C)c1C)S(=O)(=O)CCc1ccccc12. The lowest BCUT2D eigenvalue weighted by Gasteiger charge is -2.34. The van der Waals surface area contributed by atoms with Gasteiger partial charge in [0, 0.05) is 11.3 Å². The number of rotatable bonds is 2. The zero-order chi connectivity index (χ0) is 24.2. The van der Waals surface area contributed by atoms with Gasteiger partial charge in [0.2, 0.25) is 0 Å². The molecule has 0 aromatic heterocycles. The number of dihydropyridines is 1. The minimum atomic E-state index is -3.68. The summed E-state index contributed by atoms with van der Waals surface area (Å²) in [6, 6.07) is 7.78. The van der Waals surface area contributed by atoms with Gasteiger partial charge in [-0.15, -0.1) is 0 Å². The second-order valence-corrected chi connectivity index (χ2v) is 11.2. The Bertz CT molecular complexity index is 1330. The van der Waals surface area contributed by atoms with Crippen LogP contribution in [-0.2, 0) is 25.8 Å². The number of hydrogen-bond acceptors (Lipinski definition) is 5. The molecule has 174 valence electrons. The molecule has 4 rings (SSSR count). The van der Waals surface area contributed by atoms with Gasteiger partial charge >= 0.3 is 5.97 Å². The molecule has 0 amide bonds. The van der Waals surface area contributed by atoms with Gasteiger partial charge in [-0.05, 0) is 86.9 Å². The van der Waals surface area contributed by atoms with Gasteiger partial charge in [-0.1, -0.05) is 24.3 Å². The number of fused-ring (bicyclic) bond motifs is 2. The highest BCUT2D eigenvalue weighted by Crippen LogP contribution is 2.48. The summed E-state index contributed by atoms with van der Waals surface area (Å²) in [5.41, 5.74) is 9.72. The first-order valence-corrected chi connectivity index (χ1v) is 12.8. The lowest BCUT2D eigenvalue weighted by atomic mass is 9.77.